The molecule has 368 valence electrons. The molecule has 5 fully saturated rings. The summed E-state index contributed by atoms with van der Waals surface area (Å²) in [5.74, 6) is -3.50. The lowest BCUT2D eigenvalue weighted by Crippen LogP contribution is -2.56. The van der Waals surface area contributed by atoms with Crippen LogP contribution in [-0.4, -0.2) is 169 Å². The minimum atomic E-state index is -2.84. The number of nitrogens with zero attached hydrogens (tertiary/aromatic N) is 10. The van der Waals surface area contributed by atoms with E-state index >= 15 is 8.78 Å². The van der Waals surface area contributed by atoms with Crippen molar-refractivity contribution in [2.24, 2.45) is 11.8 Å². The number of urea groups is 1. The minimum absolute atomic E-state index is 0.00887. The molecule has 21 heteroatoms. The van der Waals surface area contributed by atoms with E-state index in [2.05, 4.69) is 53.9 Å². The molecule has 10 rings (SSSR count). The van der Waals surface area contributed by atoms with Crippen LogP contribution in [-0.2, 0) is 16.0 Å². The predicted molar refractivity (Wildman–Crippen MR) is 257 cm³/mol. The minimum Gasteiger partial charge on any atom is -0.385 e. The van der Waals surface area contributed by atoms with Crippen LogP contribution in [0.4, 0.5) is 42.1 Å². The van der Waals surface area contributed by atoms with Crippen LogP contribution < -0.4 is 30.7 Å². The number of aryl methyl sites for hydroxylation is 1. The Balaban J connectivity index is 0.711. The van der Waals surface area contributed by atoms with Crippen LogP contribution in [0.1, 0.15) is 70.8 Å². The van der Waals surface area contributed by atoms with E-state index in [1.54, 1.807) is 29.6 Å². The number of imidazole rings is 1. The number of anilines is 5. The number of hydrogen-bond donors (Lipinski definition) is 3. The Hall–Kier alpha value is -5.70. The average Bonchev–Trinajstić information content (AvgIpc) is 3.98. The number of nitrogens with one attached hydrogen (secondary N) is 3. The number of aromatic nitrogens is 4. The van der Waals surface area contributed by atoms with Crippen LogP contribution in [0.2, 0.25) is 5.02 Å². The Labute approximate surface area is 404 Å². The Morgan fingerprint density at radius 2 is 1.67 bits per heavy atom. The molecule has 4 aromatic rings. The fraction of sp³-hybridized carbons (Fsp3) is 0.562. The maximum absolute atomic E-state index is 15.9. The van der Waals surface area contributed by atoms with E-state index in [0.717, 1.165) is 63.1 Å². The number of methoxy groups -OCH3 is 1. The maximum atomic E-state index is 15.9. The number of fused-ring (bicyclic) bond motifs is 2. The molecule has 18 nitrogen and oxygen atoms in total. The molecule has 3 N–H and O–H groups in total. The van der Waals surface area contributed by atoms with Gasteiger partial charge < -0.3 is 30.1 Å². The largest absolute Gasteiger partial charge is 0.385 e. The van der Waals surface area contributed by atoms with Gasteiger partial charge in [-0.25, -0.2) is 28.1 Å². The standard InChI is InChI=1S/C48H60ClF2N13O5/c1-29-43(49)38(63-18-13-42(65)56-47(63)68)23-35(54-29)46(67)61-21-19-58(20-22-61)27-31-11-14-59(28-48(31,50)51)26-30-9-15-60(16-10-30)36-5-4-6-37-32(36)12-17-62(37)41-24-34(52-2)44-53-25-39(64(44)57-41)45(66)55-33-7-8-40(33)69-3/h4-6,23-25,30-31,33,40,52H,7-22,26-28H2,1-3H3,(H,55,66)(H,56,65,68)/t31?,33-,40-/m1/s1. The number of piperazine rings is 1. The molecule has 1 aliphatic carbocycles. The van der Waals surface area contributed by atoms with E-state index in [-0.39, 0.29) is 66.6 Å². The lowest BCUT2D eigenvalue weighted by atomic mass is 9.89. The first-order valence-electron chi connectivity index (χ1n) is 24.2. The highest BCUT2D eigenvalue weighted by atomic mass is 35.5. The van der Waals surface area contributed by atoms with Gasteiger partial charge in [0.05, 0.1) is 47.0 Å². The van der Waals surface area contributed by atoms with Crippen molar-refractivity contribution in [2.45, 2.75) is 69.9 Å². The van der Waals surface area contributed by atoms with E-state index in [9.17, 15) is 19.2 Å². The second kappa shape index (κ2) is 19.2. The first kappa shape index (κ1) is 47.0. The number of carbonyl (C=O) groups excluding carboxylic acids is 4. The van der Waals surface area contributed by atoms with Gasteiger partial charge in [-0.15, -0.1) is 5.10 Å². The number of alkyl halides is 2. The number of piperidine rings is 2. The van der Waals surface area contributed by atoms with Gasteiger partial charge in [0.2, 0.25) is 5.91 Å². The zero-order chi connectivity index (χ0) is 48.1. The van der Waals surface area contributed by atoms with Gasteiger partial charge in [-0.1, -0.05) is 17.7 Å². The molecule has 8 heterocycles. The topological polar surface area (TPSA) is 176 Å². The number of amides is 5. The molecule has 3 aromatic heterocycles. The highest BCUT2D eigenvalue weighted by Gasteiger charge is 2.46. The van der Waals surface area contributed by atoms with Crippen LogP contribution in [0.15, 0.2) is 36.5 Å². The number of halogens is 3. The Morgan fingerprint density at radius 3 is 2.38 bits per heavy atom. The second-order valence-corrected chi connectivity index (χ2v) is 19.7. The molecule has 0 spiro atoms. The SMILES string of the molecule is CNc1cc(N2CCc3c(N4CCC(CN5CCC(CN6CCN(C(=O)c7cc(N8CCC(=O)NC8=O)c(Cl)c(C)n7)CC6)C(F)(F)C5)CC4)cccc32)nn2c(C(=O)N[C@@H]3CC[C@H]3OC)cnc12. The summed E-state index contributed by atoms with van der Waals surface area (Å²) in [7, 11) is 3.50. The quantitative estimate of drug-likeness (QED) is 0.177. The van der Waals surface area contributed by atoms with E-state index in [1.807, 2.05) is 22.9 Å². The number of pyridine rings is 1. The summed E-state index contributed by atoms with van der Waals surface area (Å²) in [6, 6.07) is 9.21. The summed E-state index contributed by atoms with van der Waals surface area (Å²) in [6.45, 7) is 7.17. The van der Waals surface area contributed by atoms with Gasteiger partial charge in [0.25, 0.3) is 17.7 Å². The van der Waals surface area contributed by atoms with Gasteiger partial charge in [0.15, 0.2) is 17.2 Å². The Bertz CT molecular complexity index is 2630. The third-order valence-electron chi connectivity index (χ3n) is 15.2. The third-order valence-corrected chi connectivity index (χ3v) is 15.6. The number of likely N-dealkylation sites (tertiary alicyclic amines) is 1. The van der Waals surface area contributed by atoms with E-state index < -0.39 is 17.9 Å². The smallest absolute Gasteiger partial charge is 0.328 e. The monoisotopic (exact) mass is 971 g/mol. The fourth-order valence-electron chi connectivity index (χ4n) is 11.0. The van der Waals surface area contributed by atoms with E-state index in [1.165, 1.54) is 22.2 Å². The van der Waals surface area contributed by atoms with Crippen LogP contribution in [0.5, 0.6) is 0 Å². The highest BCUT2D eigenvalue weighted by molar-refractivity contribution is 6.34. The van der Waals surface area contributed by atoms with Crippen molar-refractivity contribution >= 4 is 69.6 Å². The fourth-order valence-corrected chi connectivity index (χ4v) is 11.2. The molecule has 5 amide bonds. The first-order valence-corrected chi connectivity index (χ1v) is 24.6. The van der Waals surface area contributed by atoms with Crippen molar-refractivity contribution in [3.63, 3.8) is 0 Å². The van der Waals surface area contributed by atoms with Crippen LogP contribution in [0.3, 0.4) is 0 Å². The summed E-state index contributed by atoms with van der Waals surface area (Å²) in [5.41, 5.74) is 6.07. The van der Waals surface area contributed by atoms with Crippen LogP contribution in [0.25, 0.3) is 5.65 Å². The summed E-state index contributed by atoms with van der Waals surface area (Å²) in [5, 5.41) is 13.8. The van der Waals surface area contributed by atoms with Crippen molar-refractivity contribution in [3.8, 4) is 0 Å². The van der Waals surface area contributed by atoms with Crippen molar-refractivity contribution in [2.75, 3.05) is 113 Å². The molecule has 3 atom stereocenters. The van der Waals surface area contributed by atoms with Crippen molar-refractivity contribution in [1.29, 1.82) is 0 Å². The van der Waals surface area contributed by atoms with E-state index in [0.29, 0.717) is 80.1 Å². The molecule has 1 saturated carbocycles. The summed E-state index contributed by atoms with van der Waals surface area (Å²) < 4.78 is 39.0. The van der Waals surface area contributed by atoms with Crippen molar-refractivity contribution < 1.29 is 32.7 Å². The van der Waals surface area contributed by atoms with Crippen molar-refractivity contribution in [1.82, 2.24) is 44.9 Å². The number of benzene rings is 1. The van der Waals surface area contributed by atoms with Gasteiger partial charge in [-0.3, -0.25) is 34.4 Å². The normalized spacial score (nSPS) is 23.5. The molecule has 69 heavy (non-hydrogen) atoms. The zero-order valence-electron chi connectivity index (χ0n) is 39.4. The molecular weight excluding hydrogens is 912 g/mol. The van der Waals surface area contributed by atoms with Gasteiger partial charge in [0, 0.05) is 115 Å². The summed E-state index contributed by atoms with van der Waals surface area (Å²) in [6.07, 6.45) is 6.56. The maximum Gasteiger partial charge on any atom is 0.328 e. The molecule has 5 aliphatic heterocycles. The Kier molecular flexibility index (Phi) is 13.1. The van der Waals surface area contributed by atoms with Gasteiger partial charge >= 0.3 is 6.03 Å². The molecule has 1 aromatic carbocycles. The second-order valence-electron chi connectivity index (χ2n) is 19.3. The van der Waals surface area contributed by atoms with Crippen LogP contribution >= 0.6 is 11.6 Å². The molecule has 1 unspecified atom stereocenters. The van der Waals surface area contributed by atoms with Crippen molar-refractivity contribution in [3.05, 3.63) is 64.2 Å². The first-order chi connectivity index (χ1) is 33.3. The average molecular weight is 973 g/mol. The molecule has 0 bridgehead atoms. The molecule has 6 aliphatic rings. The Morgan fingerprint density at radius 1 is 0.899 bits per heavy atom. The number of imide groups is 1. The summed E-state index contributed by atoms with van der Waals surface area (Å²) in [4.78, 5) is 71.9. The number of carbonyl (C=O) groups is 4. The molecular formula is C48H60ClF2N13O5. The van der Waals surface area contributed by atoms with Gasteiger partial charge in [-0.05, 0) is 76.1 Å². The van der Waals surface area contributed by atoms with Crippen LogP contribution in [0, 0.1) is 18.8 Å². The van der Waals surface area contributed by atoms with E-state index in [4.69, 9.17) is 21.4 Å². The summed E-state index contributed by atoms with van der Waals surface area (Å²) >= 11 is 6.50. The lowest BCUT2D eigenvalue weighted by molar-refractivity contribution is -0.122. The van der Waals surface area contributed by atoms with Gasteiger partial charge in [-0.2, -0.15) is 0 Å². The van der Waals surface area contributed by atoms with Gasteiger partial charge in [0.1, 0.15) is 5.69 Å². The number of rotatable bonds is 12. The highest BCUT2D eigenvalue weighted by Crippen LogP contribution is 2.42. The predicted octanol–water partition coefficient (Wildman–Crippen LogP) is 4.81. The molecule has 4 saturated heterocycles. The lowest BCUT2D eigenvalue weighted by Gasteiger charge is -2.44. The third kappa shape index (κ3) is 9.27. The number of ether oxygens (including phenoxy) is 1. The number of hydrogen-bond acceptors (Lipinski definition) is 13. The molecule has 0 radical (unpaired) electrons. The zero-order valence-corrected chi connectivity index (χ0v) is 40.1.